The molecule has 0 saturated heterocycles. The molecular formula is C12H15NO2. The summed E-state index contributed by atoms with van der Waals surface area (Å²) in [6.07, 6.45) is 0.864. The highest BCUT2D eigenvalue weighted by molar-refractivity contribution is 5.87. The summed E-state index contributed by atoms with van der Waals surface area (Å²) in [6, 6.07) is 9.65. The molecule has 3 nitrogen and oxygen atoms in total. The first-order valence-electron chi connectivity index (χ1n) is 4.92. The molecule has 15 heavy (non-hydrogen) atoms. The van der Waals surface area contributed by atoms with Crippen LogP contribution in [0.5, 0.6) is 0 Å². The van der Waals surface area contributed by atoms with E-state index in [0.717, 1.165) is 5.56 Å². The van der Waals surface area contributed by atoms with Gasteiger partial charge in [-0.3, -0.25) is 4.79 Å². The van der Waals surface area contributed by atoms with Crippen LogP contribution in [0.4, 0.5) is 0 Å². The molecule has 1 aromatic carbocycles. The topological polar surface area (TPSA) is 61.2 Å². The molecule has 3 heteroatoms. The van der Waals surface area contributed by atoms with Crippen molar-refractivity contribution in [1.29, 1.82) is 5.41 Å². The van der Waals surface area contributed by atoms with Crippen LogP contribution in [0.25, 0.3) is 0 Å². The third kappa shape index (κ3) is 3.94. The predicted molar refractivity (Wildman–Crippen MR) is 59.3 cm³/mol. The summed E-state index contributed by atoms with van der Waals surface area (Å²) in [6.45, 7) is 1.63. The summed E-state index contributed by atoms with van der Waals surface area (Å²) in [5.74, 6) is -1.31. The van der Waals surface area contributed by atoms with Crippen LogP contribution in [-0.4, -0.2) is 16.8 Å². The van der Waals surface area contributed by atoms with Gasteiger partial charge in [0.05, 0.1) is 5.92 Å². The lowest BCUT2D eigenvalue weighted by Gasteiger charge is -2.07. The minimum absolute atomic E-state index is 0.324. The van der Waals surface area contributed by atoms with Crippen molar-refractivity contribution in [3.05, 3.63) is 35.9 Å². The van der Waals surface area contributed by atoms with Gasteiger partial charge < -0.3 is 10.5 Å². The van der Waals surface area contributed by atoms with Gasteiger partial charge >= 0.3 is 5.97 Å². The number of rotatable bonds is 5. The molecule has 80 valence electrons. The van der Waals surface area contributed by atoms with Gasteiger partial charge in [0.15, 0.2) is 0 Å². The van der Waals surface area contributed by atoms with Crippen molar-refractivity contribution in [2.24, 2.45) is 5.92 Å². The van der Waals surface area contributed by atoms with Gasteiger partial charge in [-0.2, -0.15) is 0 Å². The van der Waals surface area contributed by atoms with Gasteiger partial charge in [0.1, 0.15) is 0 Å². The van der Waals surface area contributed by atoms with Crippen molar-refractivity contribution in [3.8, 4) is 0 Å². The molecule has 1 unspecified atom stereocenters. The van der Waals surface area contributed by atoms with E-state index in [1.165, 1.54) is 0 Å². The van der Waals surface area contributed by atoms with Gasteiger partial charge in [-0.25, -0.2) is 0 Å². The fourth-order valence-corrected chi connectivity index (χ4v) is 1.37. The van der Waals surface area contributed by atoms with Crippen LogP contribution in [0.1, 0.15) is 18.9 Å². The Labute approximate surface area is 89.3 Å². The van der Waals surface area contributed by atoms with Crippen molar-refractivity contribution >= 4 is 11.7 Å². The Morgan fingerprint density at radius 3 is 2.53 bits per heavy atom. The van der Waals surface area contributed by atoms with Crippen LogP contribution >= 0.6 is 0 Å². The Morgan fingerprint density at radius 1 is 1.40 bits per heavy atom. The van der Waals surface area contributed by atoms with E-state index in [9.17, 15) is 4.79 Å². The molecular weight excluding hydrogens is 190 g/mol. The third-order valence-electron chi connectivity index (χ3n) is 2.23. The van der Waals surface area contributed by atoms with E-state index in [0.29, 0.717) is 18.6 Å². The lowest BCUT2D eigenvalue weighted by Crippen LogP contribution is -2.15. The molecule has 0 amide bonds. The molecule has 0 spiro atoms. The first-order chi connectivity index (χ1) is 7.09. The molecule has 0 radical (unpaired) electrons. The number of carbonyl (C=O) groups is 1. The van der Waals surface area contributed by atoms with Crippen molar-refractivity contribution in [1.82, 2.24) is 0 Å². The fourth-order valence-electron chi connectivity index (χ4n) is 1.37. The van der Waals surface area contributed by atoms with Crippen molar-refractivity contribution in [2.45, 2.75) is 19.8 Å². The minimum Gasteiger partial charge on any atom is -0.481 e. The highest BCUT2D eigenvalue weighted by Crippen LogP contribution is 2.07. The quantitative estimate of drug-likeness (QED) is 0.725. The summed E-state index contributed by atoms with van der Waals surface area (Å²) in [7, 11) is 0. The van der Waals surface area contributed by atoms with E-state index in [2.05, 4.69) is 0 Å². The Kier molecular flexibility index (Phi) is 4.03. The Morgan fingerprint density at radius 2 is 2.00 bits per heavy atom. The number of aliphatic carboxylic acids is 1. The maximum Gasteiger partial charge on any atom is 0.306 e. The maximum atomic E-state index is 10.6. The van der Waals surface area contributed by atoms with Crippen molar-refractivity contribution in [3.63, 3.8) is 0 Å². The summed E-state index contributed by atoms with van der Waals surface area (Å²) in [5, 5.41) is 16.4. The van der Waals surface area contributed by atoms with Gasteiger partial charge in [-0.1, -0.05) is 37.3 Å². The molecule has 2 N–H and O–H groups in total. The van der Waals surface area contributed by atoms with Crippen molar-refractivity contribution in [2.75, 3.05) is 0 Å². The molecule has 1 atom stereocenters. The Balaban J connectivity index is 2.47. The summed E-state index contributed by atoms with van der Waals surface area (Å²) in [5.41, 5.74) is 1.52. The second-order valence-electron chi connectivity index (χ2n) is 3.71. The van der Waals surface area contributed by atoms with E-state index in [4.69, 9.17) is 10.5 Å². The molecule has 0 aliphatic carbocycles. The highest BCUT2D eigenvalue weighted by atomic mass is 16.4. The van der Waals surface area contributed by atoms with Crippen LogP contribution in [0.3, 0.4) is 0 Å². The Hall–Kier alpha value is -1.64. The van der Waals surface area contributed by atoms with E-state index in [1.54, 1.807) is 6.92 Å². The van der Waals surface area contributed by atoms with Crippen molar-refractivity contribution < 1.29 is 9.90 Å². The third-order valence-corrected chi connectivity index (χ3v) is 2.23. The van der Waals surface area contributed by atoms with Crippen LogP contribution in [0.15, 0.2) is 30.3 Å². The zero-order chi connectivity index (χ0) is 11.3. The first kappa shape index (κ1) is 11.4. The molecule has 0 aliphatic heterocycles. The first-order valence-corrected chi connectivity index (χ1v) is 4.92. The van der Waals surface area contributed by atoms with E-state index in [1.807, 2.05) is 30.3 Å². The van der Waals surface area contributed by atoms with E-state index in [-0.39, 0.29) is 0 Å². The molecule has 0 bridgehead atoms. The lowest BCUT2D eigenvalue weighted by atomic mass is 9.99. The van der Waals surface area contributed by atoms with Crippen LogP contribution in [-0.2, 0) is 11.2 Å². The van der Waals surface area contributed by atoms with E-state index < -0.39 is 11.9 Å². The molecule has 1 aromatic rings. The fraction of sp³-hybridized carbons (Fsp3) is 0.333. The monoisotopic (exact) mass is 205 g/mol. The molecule has 0 aromatic heterocycles. The van der Waals surface area contributed by atoms with Crippen LogP contribution in [0, 0.1) is 11.3 Å². The van der Waals surface area contributed by atoms with Gasteiger partial charge in [-0.05, 0) is 12.0 Å². The molecule has 0 heterocycles. The maximum absolute atomic E-state index is 10.6. The van der Waals surface area contributed by atoms with Crippen LogP contribution < -0.4 is 0 Å². The lowest BCUT2D eigenvalue weighted by molar-refractivity contribution is -0.140. The molecule has 0 saturated carbocycles. The van der Waals surface area contributed by atoms with Gasteiger partial charge in [0.2, 0.25) is 0 Å². The normalized spacial score (nSPS) is 12.1. The Bertz CT molecular complexity index is 346. The zero-order valence-corrected chi connectivity index (χ0v) is 8.73. The average molecular weight is 205 g/mol. The number of carboxylic acids is 1. The van der Waals surface area contributed by atoms with Crippen LogP contribution in [0.2, 0.25) is 0 Å². The second-order valence-corrected chi connectivity index (χ2v) is 3.71. The SMILES string of the molecule is CC(CC(=N)Cc1ccccc1)C(=O)O. The molecule has 1 rings (SSSR count). The summed E-state index contributed by atoms with van der Waals surface area (Å²) >= 11 is 0. The smallest absolute Gasteiger partial charge is 0.306 e. The van der Waals surface area contributed by atoms with Gasteiger partial charge in [0.25, 0.3) is 0 Å². The minimum atomic E-state index is -0.840. The van der Waals surface area contributed by atoms with Gasteiger partial charge in [0, 0.05) is 12.1 Å². The predicted octanol–water partition coefficient (Wildman–Crippen LogP) is 2.36. The highest BCUT2D eigenvalue weighted by Gasteiger charge is 2.13. The second kappa shape index (κ2) is 5.29. The molecule has 0 aliphatic rings. The number of nitrogens with one attached hydrogen (secondary N) is 1. The summed E-state index contributed by atoms with van der Waals surface area (Å²) in [4.78, 5) is 10.6. The number of benzene rings is 1. The van der Waals surface area contributed by atoms with E-state index >= 15 is 0 Å². The van der Waals surface area contributed by atoms with Gasteiger partial charge in [-0.15, -0.1) is 0 Å². The zero-order valence-electron chi connectivity index (χ0n) is 8.73. The number of hydrogen-bond acceptors (Lipinski definition) is 2. The largest absolute Gasteiger partial charge is 0.481 e. The number of hydrogen-bond donors (Lipinski definition) is 2. The number of carboxylic acid groups (broad SMARTS) is 1. The standard InChI is InChI=1S/C12H15NO2/c1-9(12(14)15)7-11(13)8-10-5-3-2-4-6-10/h2-6,9,13H,7-8H2,1H3,(H,14,15). The summed E-state index contributed by atoms with van der Waals surface area (Å²) < 4.78 is 0. The average Bonchev–Trinajstić information content (AvgIpc) is 2.18. The molecule has 0 fully saturated rings.